The molecule has 0 amide bonds. The van der Waals surface area contributed by atoms with E-state index in [9.17, 15) is 0 Å². The van der Waals surface area contributed by atoms with Crippen molar-refractivity contribution in [2.45, 2.75) is 18.9 Å². The Hall–Kier alpha value is -0.520. The van der Waals surface area contributed by atoms with Crippen LogP contribution in [-0.4, -0.2) is 52.0 Å². The molecule has 1 heterocycles. The Bertz CT molecular complexity index is 273. The fourth-order valence-electron chi connectivity index (χ4n) is 1.53. The Labute approximate surface area is 126 Å². The van der Waals surface area contributed by atoms with Gasteiger partial charge in [0.25, 0.3) is 0 Å². The van der Waals surface area contributed by atoms with Crippen LogP contribution in [0.1, 0.15) is 12.8 Å². The van der Waals surface area contributed by atoms with Gasteiger partial charge < -0.3 is 20.1 Å². The van der Waals surface area contributed by atoms with Crippen molar-refractivity contribution in [2.24, 2.45) is 4.99 Å². The van der Waals surface area contributed by atoms with Crippen molar-refractivity contribution in [3.63, 3.8) is 0 Å². The fourth-order valence-corrected chi connectivity index (χ4v) is 1.53. The van der Waals surface area contributed by atoms with E-state index in [0.29, 0.717) is 6.54 Å². The van der Waals surface area contributed by atoms with E-state index in [4.69, 9.17) is 15.9 Å². The van der Waals surface area contributed by atoms with Crippen molar-refractivity contribution in [1.29, 1.82) is 0 Å². The van der Waals surface area contributed by atoms with Crippen LogP contribution in [-0.2, 0) is 9.47 Å². The van der Waals surface area contributed by atoms with Gasteiger partial charge in [-0.2, -0.15) is 0 Å². The van der Waals surface area contributed by atoms with Crippen LogP contribution in [0.3, 0.4) is 0 Å². The lowest BCUT2D eigenvalue weighted by Crippen LogP contribution is -2.38. The molecule has 0 aromatic heterocycles. The molecular weight excluding hydrogens is 345 g/mol. The van der Waals surface area contributed by atoms with Crippen LogP contribution in [0.2, 0.25) is 0 Å². The normalized spacial score (nSPS) is 18.9. The van der Waals surface area contributed by atoms with Crippen LogP contribution < -0.4 is 10.6 Å². The molecule has 1 atom stereocenters. The van der Waals surface area contributed by atoms with Gasteiger partial charge >= 0.3 is 0 Å². The zero-order chi connectivity index (χ0) is 12.3. The average molecular weight is 367 g/mol. The second-order valence-electron chi connectivity index (χ2n) is 3.77. The van der Waals surface area contributed by atoms with Crippen molar-refractivity contribution < 1.29 is 9.47 Å². The minimum absolute atomic E-state index is 0. The van der Waals surface area contributed by atoms with E-state index >= 15 is 0 Å². The summed E-state index contributed by atoms with van der Waals surface area (Å²) < 4.78 is 10.9. The molecule has 0 aromatic rings. The second kappa shape index (κ2) is 11.6. The monoisotopic (exact) mass is 367 g/mol. The molecule has 0 spiro atoms. The lowest BCUT2D eigenvalue weighted by molar-refractivity contribution is 0.0420. The SMILES string of the molecule is C#CCNC(=NC)NCCCOC1CCOC1.I. The maximum absolute atomic E-state index is 5.64. The molecule has 6 heteroatoms. The van der Waals surface area contributed by atoms with Crippen LogP contribution in [0.25, 0.3) is 0 Å². The summed E-state index contributed by atoms with van der Waals surface area (Å²) in [5.41, 5.74) is 0. The third-order valence-electron chi connectivity index (χ3n) is 2.44. The minimum Gasteiger partial charge on any atom is -0.379 e. The third kappa shape index (κ3) is 7.74. The first-order chi connectivity index (χ1) is 8.36. The molecule has 1 saturated heterocycles. The number of nitrogens with zero attached hydrogens (tertiary/aromatic N) is 1. The van der Waals surface area contributed by atoms with E-state index in [2.05, 4.69) is 21.5 Å². The Morgan fingerprint density at radius 3 is 3.00 bits per heavy atom. The summed E-state index contributed by atoms with van der Waals surface area (Å²) in [4.78, 5) is 4.04. The summed E-state index contributed by atoms with van der Waals surface area (Å²) in [6, 6.07) is 0. The molecule has 104 valence electrons. The third-order valence-corrected chi connectivity index (χ3v) is 2.44. The van der Waals surface area contributed by atoms with Gasteiger partial charge in [-0.15, -0.1) is 30.4 Å². The number of ether oxygens (including phenoxy) is 2. The molecule has 1 aliphatic rings. The van der Waals surface area contributed by atoms with Gasteiger partial charge in [0.05, 0.1) is 19.3 Å². The van der Waals surface area contributed by atoms with Gasteiger partial charge in [-0.1, -0.05) is 5.92 Å². The van der Waals surface area contributed by atoms with Crippen molar-refractivity contribution in [2.75, 3.05) is 40.0 Å². The Morgan fingerprint density at radius 2 is 2.39 bits per heavy atom. The van der Waals surface area contributed by atoms with Crippen molar-refractivity contribution in [1.82, 2.24) is 10.6 Å². The molecule has 1 fully saturated rings. The van der Waals surface area contributed by atoms with E-state index in [0.717, 1.165) is 45.2 Å². The summed E-state index contributed by atoms with van der Waals surface area (Å²) in [6.45, 7) is 3.60. The van der Waals surface area contributed by atoms with Crippen LogP contribution in [0, 0.1) is 12.3 Å². The largest absolute Gasteiger partial charge is 0.379 e. The van der Waals surface area contributed by atoms with Crippen molar-refractivity contribution >= 4 is 29.9 Å². The van der Waals surface area contributed by atoms with Crippen LogP contribution in [0.4, 0.5) is 0 Å². The number of hydrogen-bond donors (Lipinski definition) is 2. The molecule has 0 saturated carbocycles. The maximum Gasteiger partial charge on any atom is 0.191 e. The molecule has 1 rings (SSSR count). The Balaban J connectivity index is 0.00000289. The number of guanidine groups is 1. The number of rotatable bonds is 6. The predicted molar refractivity (Wildman–Crippen MR) is 83.4 cm³/mol. The van der Waals surface area contributed by atoms with E-state index in [1.165, 1.54) is 0 Å². The van der Waals surface area contributed by atoms with E-state index in [-0.39, 0.29) is 30.1 Å². The van der Waals surface area contributed by atoms with Crippen molar-refractivity contribution in [3.8, 4) is 12.3 Å². The molecule has 0 radical (unpaired) electrons. The highest BCUT2D eigenvalue weighted by molar-refractivity contribution is 14.0. The summed E-state index contributed by atoms with van der Waals surface area (Å²) >= 11 is 0. The number of aliphatic imine (C=N–C) groups is 1. The quantitative estimate of drug-likeness (QED) is 0.237. The number of terminal acetylenes is 1. The van der Waals surface area contributed by atoms with E-state index < -0.39 is 0 Å². The number of nitrogens with one attached hydrogen (secondary N) is 2. The lowest BCUT2D eigenvalue weighted by atomic mass is 10.3. The smallest absolute Gasteiger partial charge is 0.191 e. The van der Waals surface area contributed by atoms with Gasteiger partial charge in [0.1, 0.15) is 0 Å². The van der Waals surface area contributed by atoms with E-state index in [1.807, 2.05) is 0 Å². The highest BCUT2D eigenvalue weighted by Crippen LogP contribution is 2.07. The summed E-state index contributed by atoms with van der Waals surface area (Å²) in [7, 11) is 1.72. The molecule has 0 aliphatic carbocycles. The van der Waals surface area contributed by atoms with Gasteiger partial charge in [0.2, 0.25) is 0 Å². The Kier molecular flexibility index (Phi) is 11.2. The van der Waals surface area contributed by atoms with Crippen LogP contribution in [0.5, 0.6) is 0 Å². The second-order valence-corrected chi connectivity index (χ2v) is 3.77. The van der Waals surface area contributed by atoms with Gasteiger partial charge in [-0.3, -0.25) is 4.99 Å². The molecule has 0 aromatic carbocycles. The topological polar surface area (TPSA) is 54.9 Å². The van der Waals surface area contributed by atoms with Crippen LogP contribution >= 0.6 is 24.0 Å². The summed E-state index contributed by atoms with van der Waals surface area (Å²) in [5, 5.41) is 6.15. The van der Waals surface area contributed by atoms with Gasteiger partial charge in [-0.05, 0) is 12.8 Å². The zero-order valence-corrected chi connectivity index (χ0v) is 13.1. The summed E-state index contributed by atoms with van der Waals surface area (Å²) in [6.07, 6.45) is 7.39. The number of halogens is 1. The maximum atomic E-state index is 5.64. The molecule has 0 bridgehead atoms. The molecule has 2 N–H and O–H groups in total. The number of hydrogen-bond acceptors (Lipinski definition) is 3. The molecule has 5 nitrogen and oxygen atoms in total. The standard InChI is InChI=1S/C12H21N3O2.HI/c1-3-6-14-12(13-2)15-7-4-8-17-11-5-9-16-10-11;/h1,11H,4-10H2,2H3,(H2,13,14,15);1H. The first-order valence-corrected chi connectivity index (χ1v) is 5.94. The highest BCUT2D eigenvalue weighted by atomic mass is 127. The highest BCUT2D eigenvalue weighted by Gasteiger charge is 2.15. The van der Waals surface area contributed by atoms with Gasteiger partial charge in [0.15, 0.2) is 5.96 Å². The van der Waals surface area contributed by atoms with Crippen LogP contribution in [0.15, 0.2) is 4.99 Å². The average Bonchev–Trinajstić information content (AvgIpc) is 2.85. The molecular formula is C12H22IN3O2. The van der Waals surface area contributed by atoms with Gasteiger partial charge in [-0.25, -0.2) is 0 Å². The minimum atomic E-state index is 0. The molecule has 1 unspecified atom stereocenters. The first kappa shape index (κ1) is 17.5. The van der Waals surface area contributed by atoms with E-state index in [1.54, 1.807) is 7.05 Å². The van der Waals surface area contributed by atoms with Crippen molar-refractivity contribution in [3.05, 3.63) is 0 Å². The van der Waals surface area contributed by atoms with Gasteiger partial charge in [0, 0.05) is 26.8 Å². The first-order valence-electron chi connectivity index (χ1n) is 5.94. The Morgan fingerprint density at radius 1 is 1.56 bits per heavy atom. The molecule has 18 heavy (non-hydrogen) atoms. The lowest BCUT2D eigenvalue weighted by Gasteiger charge is -2.11. The predicted octanol–water partition coefficient (Wildman–Crippen LogP) is 0.598. The zero-order valence-electron chi connectivity index (χ0n) is 10.8. The fraction of sp³-hybridized carbons (Fsp3) is 0.750. The molecule has 1 aliphatic heterocycles. The summed E-state index contributed by atoms with van der Waals surface area (Å²) in [5.74, 6) is 3.23.